The summed E-state index contributed by atoms with van der Waals surface area (Å²) in [5.74, 6) is 0.101. The van der Waals surface area contributed by atoms with E-state index in [4.69, 9.17) is 0 Å². The Morgan fingerprint density at radius 2 is 1.29 bits per heavy atom. The molecule has 2 aromatic carbocycles. The van der Waals surface area contributed by atoms with Crippen molar-refractivity contribution in [3.63, 3.8) is 0 Å². The molecule has 0 saturated carbocycles. The van der Waals surface area contributed by atoms with Gasteiger partial charge in [-0.15, -0.1) is 0 Å². The van der Waals surface area contributed by atoms with Crippen LogP contribution in [-0.4, -0.2) is 17.2 Å². The number of rotatable bonds is 6. The van der Waals surface area contributed by atoms with E-state index in [2.05, 4.69) is 19.2 Å². The van der Waals surface area contributed by atoms with Crippen molar-refractivity contribution in [1.82, 2.24) is 5.32 Å². The number of benzene rings is 2. The van der Waals surface area contributed by atoms with Gasteiger partial charge in [0.1, 0.15) is 11.6 Å². The van der Waals surface area contributed by atoms with Crippen LogP contribution in [0.4, 0.5) is 4.39 Å². The molecule has 112 valence electrons. The van der Waals surface area contributed by atoms with Crippen LogP contribution in [0.2, 0.25) is 0 Å². The molecule has 3 heteroatoms. The Kier molecular flexibility index (Phi) is 5.34. The molecular weight excluding hydrogens is 265 g/mol. The van der Waals surface area contributed by atoms with E-state index in [1.165, 1.54) is 17.7 Å². The van der Waals surface area contributed by atoms with E-state index in [0.717, 1.165) is 18.4 Å². The fourth-order valence-corrected chi connectivity index (χ4v) is 2.56. The van der Waals surface area contributed by atoms with Crippen molar-refractivity contribution in [3.8, 4) is 5.75 Å². The lowest BCUT2D eigenvalue weighted by molar-refractivity contribution is 0.460. The number of hydrogen-bond donors (Lipinski definition) is 2. The highest BCUT2D eigenvalue weighted by molar-refractivity contribution is 5.26. The Morgan fingerprint density at radius 3 is 1.76 bits per heavy atom. The minimum atomic E-state index is -0.194. The summed E-state index contributed by atoms with van der Waals surface area (Å²) >= 11 is 0. The topological polar surface area (TPSA) is 32.3 Å². The molecule has 0 fully saturated rings. The van der Waals surface area contributed by atoms with E-state index in [9.17, 15) is 9.50 Å². The molecule has 0 aliphatic rings. The van der Waals surface area contributed by atoms with Gasteiger partial charge in [0.05, 0.1) is 0 Å². The second-order valence-corrected chi connectivity index (χ2v) is 5.67. The first-order chi connectivity index (χ1) is 10.0. The normalized spacial score (nSPS) is 13.9. The number of nitrogens with one attached hydrogen (secondary N) is 1. The molecule has 0 bridgehead atoms. The maximum absolute atomic E-state index is 12.9. The smallest absolute Gasteiger partial charge is 0.123 e. The van der Waals surface area contributed by atoms with Gasteiger partial charge >= 0.3 is 0 Å². The van der Waals surface area contributed by atoms with Crippen molar-refractivity contribution >= 4 is 0 Å². The monoisotopic (exact) mass is 287 g/mol. The molecule has 0 aromatic heterocycles. The summed E-state index contributed by atoms with van der Waals surface area (Å²) in [6.45, 7) is 4.28. The molecule has 0 heterocycles. The minimum Gasteiger partial charge on any atom is -0.508 e. The number of hydrogen-bond acceptors (Lipinski definition) is 2. The average Bonchev–Trinajstić information content (AvgIpc) is 2.44. The van der Waals surface area contributed by atoms with Crippen LogP contribution in [0, 0.1) is 5.82 Å². The molecule has 0 saturated heterocycles. The Hall–Kier alpha value is -1.87. The second-order valence-electron chi connectivity index (χ2n) is 5.67. The zero-order valence-corrected chi connectivity index (χ0v) is 12.5. The standard InChI is InChI=1S/C18H22FNO/c1-13(11-15-3-7-17(19)8-4-15)20-14(2)12-16-5-9-18(21)10-6-16/h3-10,13-14,20-21H,11-12H2,1-2H3. The minimum absolute atomic E-state index is 0.194. The van der Waals surface area contributed by atoms with Gasteiger partial charge in [-0.2, -0.15) is 0 Å². The van der Waals surface area contributed by atoms with Crippen LogP contribution in [0.25, 0.3) is 0 Å². The lowest BCUT2D eigenvalue weighted by Gasteiger charge is -2.20. The summed E-state index contributed by atoms with van der Waals surface area (Å²) in [4.78, 5) is 0. The first-order valence-corrected chi connectivity index (χ1v) is 7.31. The van der Waals surface area contributed by atoms with Crippen molar-refractivity contribution in [3.05, 3.63) is 65.5 Å². The summed E-state index contributed by atoms with van der Waals surface area (Å²) in [5.41, 5.74) is 2.33. The summed E-state index contributed by atoms with van der Waals surface area (Å²) in [7, 11) is 0. The molecule has 2 nitrogen and oxygen atoms in total. The van der Waals surface area contributed by atoms with Crippen molar-refractivity contribution in [1.29, 1.82) is 0 Å². The third-order valence-corrected chi connectivity index (χ3v) is 3.50. The van der Waals surface area contributed by atoms with Crippen molar-refractivity contribution < 1.29 is 9.50 Å². The molecule has 0 aliphatic heterocycles. The predicted octanol–water partition coefficient (Wildman–Crippen LogP) is 3.68. The molecule has 0 spiro atoms. The van der Waals surface area contributed by atoms with Crippen molar-refractivity contribution in [2.24, 2.45) is 0 Å². The van der Waals surface area contributed by atoms with Crippen LogP contribution >= 0.6 is 0 Å². The van der Waals surface area contributed by atoms with Crippen LogP contribution in [0.5, 0.6) is 5.75 Å². The van der Waals surface area contributed by atoms with Crippen molar-refractivity contribution in [2.75, 3.05) is 0 Å². The third-order valence-electron chi connectivity index (χ3n) is 3.50. The van der Waals surface area contributed by atoms with Crippen LogP contribution in [0.1, 0.15) is 25.0 Å². The van der Waals surface area contributed by atoms with E-state index in [0.29, 0.717) is 17.8 Å². The molecule has 2 atom stereocenters. The Labute approximate surface area is 125 Å². The van der Waals surface area contributed by atoms with Crippen molar-refractivity contribution in [2.45, 2.75) is 38.8 Å². The predicted molar refractivity (Wildman–Crippen MR) is 84.0 cm³/mol. The van der Waals surface area contributed by atoms with Crippen LogP contribution < -0.4 is 5.32 Å². The number of aromatic hydroxyl groups is 1. The molecule has 2 unspecified atom stereocenters. The molecular formula is C18H22FNO. The average molecular weight is 287 g/mol. The molecule has 2 N–H and O–H groups in total. The highest BCUT2D eigenvalue weighted by Crippen LogP contribution is 2.12. The molecule has 2 aromatic rings. The highest BCUT2D eigenvalue weighted by Gasteiger charge is 2.09. The van der Waals surface area contributed by atoms with Gasteiger partial charge in [0.2, 0.25) is 0 Å². The Balaban J connectivity index is 1.82. The maximum atomic E-state index is 12.9. The number of phenols is 1. The molecule has 0 amide bonds. The summed E-state index contributed by atoms with van der Waals surface area (Å²) in [6, 6.07) is 14.6. The maximum Gasteiger partial charge on any atom is 0.123 e. The van der Waals surface area contributed by atoms with Gasteiger partial charge in [0.15, 0.2) is 0 Å². The Morgan fingerprint density at radius 1 is 0.857 bits per heavy atom. The van der Waals surface area contributed by atoms with Crippen LogP contribution in [0.15, 0.2) is 48.5 Å². The van der Waals surface area contributed by atoms with Crippen LogP contribution in [-0.2, 0) is 12.8 Å². The lowest BCUT2D eigenvalue weighted by atomic mass is 10.0. The van der Waals surface area contributed by atoms with Gasteiger partial charge in [-0.25, -0.2) is 4.39 Å². The first-order valence-electron chi connectivity index (χ1n) is 7.31. The van der Waals surface area contributed by atoms with Crippen LogP contribution in [0.3, 0.4) is 0 Å². The Bertz CT molecular complexity index is 499. The van der Waals surface area contributed by atoms with Gasteiger partial charge in [0.25, 0.3) is 0 Å². The fraction of sp³-hybridized carbons (Fsp3) is 0.333. The first kappa shape index (κ1) is 15.5. The second kappa shape index (κ2) is 7.23. The van der Waals surface area contributed by atoms with Gasteiger partial charge in [-0.1, -0.05) is 24.3 Å². The number of phenolic OH excluding ortho intramolecular Hbond substituents is 1. The van der Waals surface area contributed by atoms with E-state index >= 15 is 0 Å². The van der Waals surface area contributed by atoms with Gasteiger partial charge in [0, 0.05) is 12.1 Å². The van der Waals surface area contributed by atoms with E-state index in [-0.39, 0.29) is 5.82 Å². The lowest BCUT2D eigenvalue weighted by Crippen LogP contribution is -2.37. The summed E-state index contributed by atoms with van der Waals surface area (Å²) in [5, 5.41) is 12.8. The SMILES string of the molecule is CC(Cc1ccc(O)cc1)NC(C)Cc1ccc(F)cc1. The van der Waals surface area contributed by atoms with Gasteiger partial charge in [-0.3, -0.25) is 0 Å². The zero-order valence-electron chi connectivity index (χ0n) is 12.5. The van der Waals surface area contributed by atoms with E-state index in [1.54, 1.807) is 12.1 Å². The summed E-state index contributed by atoms with van der Waals surface area (Å²) < 4.78 is 12.9. The molecule has 2 rings (SSSR count). The third kappa shape index (κ3) is 5.20. The fourth-order valence-electron chi connectivity index (χ4n) is 2.56. The summed E-state index contributed by atoms with van der Waals surface area (Å²) in [6.07, 6.45) is 1.79. The van der Waals surface area contributed by atoms with E-state index in [1.807, 2.05) is 24.3 Å². The van der Waals surface area contributed by atoms with E-state index < -0.39 is 0 Å². The largest absolute Gasteiger partial charge is 0.508 e. The molecule has 0 aliphatic carbocycles. The number of halogens is 1. The zero-order chi connectivity index (χ0) is 15.2. The quantitative estimate of drug-likeness (QED) is 0.849. The van der Waals surface area contributed by atoms with Gasteiger partial charge < -0.3 is 10.4 Å². The molecule has 0 radical (unpaired) electrons. The van der Waals surface area contributed by atoms with Gasteiger partial charge in [-0.05, 0) is 62.1 Å². The highest BCUT2D eigenvalue weighted by atomic mass is 19.1. The molecule has 21 heavy (non-hydrogen) atoms.